The molecule has 0 spiro atoms. The summed E-state index contributed by atoms with van der Waals surface area (Å²) in [5.41, 5.74) is 2.92. The second-order valence-electron chi connectivity index (χ2n) is 4.88. The van der Waals surface area contributed by atoms with Crippen LogP contribution in [0.3, 0.4) is 0 Å². The molecule has 0 amide bonds. The van der Waals surface area contributed by atoms with Gasteiger partial charge in [0.1, 0.15) is 0 Å². The van der Waals surface area contributed by atoms with Gasteiger partial charge in [-0.15, -0.1) is 0 Å². The van der Waals surface area contributed by atoms with Gasteiger partial charge < -0.3 is 49.6 Å². The van der Waals surface area contributed by atoms with Crippen LogP contribution in [0.5, 0.6) is 0 Å². The van der Waals surface area contributed by atoms with Crippen molar-refractivity contribution >= 4 is 14.1 Å². The minimum atomic E-state index is -1.14. The molecule has 1 unspecified atom stereocenters. The zero-order valence-corrected chi connectivity index (χ0v) is 15.8. The molecule has 0 N–H and O–H groups in total. The zero-order chi connectivity index (χ0) is 10.3. The third-order valence-corrected chi connectivity index (χ3v) is 6.18. The quantitative estimate of drug-likeness (QED) is 0.425. The first-order chi connectivity index (χ1) is 6.50. The SMILES string of the molecule is C[Si](C)(C)C1=Cc2ccccc2[CH]1[V+4].[Cl-].[Cl-].[Cl-].[Cl-]. The molecule has 100 valence electrons. The zero-order valence-electron chi connectivity index (χ0n) is 10.4. The second kappa shape index (κ2) is 8.97. The Morgan fingerprint density at radius 3 is 1.89 bits per heavy atom. The molecular formula is C12H15Cl4SiV. The molecular weight excluding hydrogens is 365 g/mol. The molecule has 0 fully saturated rings. The molecule has 0 nitrogen and oxygen atoms in total. The standard InChI is InChI=1S/C12H15Si.4ClH.V/c1-13(2,3)12-8-10-6-4-5-7-11(10)9-12;;;;;/h4-9H,1-3H3;4*1H;/q;;;;;+4/p-4. The minimum absolute atomic E-state index is 0. The minimum Gasteiger partial charge on any atom is -1.00 e. The Labute approximate surface area is 145 Å². The fraction of sp³-hybridized carbons (Fsp3) is 0.333. The van der Waals surface area contributed by atoms with E-state index in [1.807, 2.05) is 0 Å². The summed E-state index contributed by atoms with van der Waals surface area (Å²) in [6, 6.07) is 8.74. The molecule has 0 saturated heterocycles. The van der Waals surface area contributed by atoms with Crippen molar-refractivity contribution in [3.8, 4) is 0 Å². The van der Waals surface area contributed by atoms with Crippen molar-refractivity contribution in [2.75, 3.05) is 0 Å². The van der Waals surface area contributed by atoms with E-state index in [2.05, 4.69) is 67.4 Å². The van der Waals surface area contributed by atoms with Gasteiger partial charge in [0.25, 0.3) is 0 Å². The van der Waals surface area contributed by atoms with Gasteiger partial charge >= 0.3 is 96.4 Å². The van der Waals surface area contributed by atoms with Crippen LogP contribution in [0.1, 0.15) is 15.8 Å². The fourth-order valence-electron chi connectivity index (χ4n) is 1.93. The molecule has 0 bridgehead atoms. The van der Waals surface area contributed by atoms with E-state index in [0.29, 0.717) is 4.63 Å². The topological polar surface area (TPSA) is 0 Å². The van der Waals surface area contributed by atoms with E-state index in [1.165, 1.54) is 11.1 Å². The Kier molecular flexibility index (Phi) is 11.9. The Morgan fingerprint density at radius 1 is 0.944 bits per heavy atom. The second-order valence-corrected chi connectivity index (χ2v) is 10.8. The van der Waals surface area contributed by atoms with Crippen LogP contribution < -0.4 is 49.6 Å². The van der Waals surface area contributed by atoms with Gasteiger partial charge in [0.15, 0.2) is 0 Å². The molecule has 2 rings (SSSR count). The monoisotopic (exact) mass is 378 g/mol. The van der Waals surface area contributed by atoms with E-state index in [4.69, 9.17) is 0 Å². The van der Waals surface area contributed by atoms with Crippen molar-refractivity contribution in [2.24, 2.45) is 0 Å². The van der Waals surface area contributed by atoms with Crippen molar-refractivity contribution in [3.05, 3.63) is 40.6 Å². The number of hydrogen-bond acceptors (Lipinski definition) is 0. The van der Waals surface area contributed by atoms with Crippen molar-refractivity contribution < 1.29 is 67.1 Å². The number of halogens is 4. The molecule has 0 saturated carbocycles. The number of allylic oxidation sites excluding steroid dienone is 1. The molecule has 0 aromatic heterocycles. The Morgan fingerprint density at radius 2 is 1.44 bits per heavy atom. The van der Waals surface area contributed by atoms with Crippen LogP contribution in [0.15, 0.2) is 29.5 Å². The third kappa shape index (κ3) is 4.79. The molecule has 0 radical (unpaired) electrons. The maximum atomic E-state index is 2.83. The van der Waals surface area contributed by atoms with Crippen LogP contribution >= 0.6 is 0 Å². The first-order valence-electron chi connectivity index (χ1n) is 4.99. The summed E-state index contributed by atoms with van der Waals surface area (Å²) < 4.78 is 0.588. The van der Waals surface area contributed by atoms with Crippen LogP contribution in [0.25, 0.3) is 6.08 Å². The van der Waals surface area contributed by atoms with Gasteiger partial charge in [-0.25, -0.2) is 0 Å². The summed E-state index contributed by atoms with van der Waals surface area (Å²) in [5.74, 6) is 0. The predicted octanol–water partition coefficient (Wildman–Crippen LogP) is -8.44. The summed E-state index contributed by atoms with van der Waals surface area (Å²) in [4.78, 5) is 0. The summed E-state index contributed by atoms with van der Waals surface area (Å²) in [7, 11) is -1.14. The molecule has 1 aromatic rings. The van der Waals surface area contributed by atoms with E-state index >= 15 is 0 Å². The Balaban J connectivity index is -0.000000562. The molecule has 1 atom stereocenters. The predicted molar refractivity (Wildman–Crippen MR) is 60.5 cm³/mol. The number of benzene rings is 1. The summed E-state index contributed by atoms with van der Waals surface area (Å²) in [6.45, 7) is 7.27. The number of fused-ring (bicyclic) bond motifs is 1. The van der Waals surface area contributed by atoms with E-state index < -0.39 is 8.07 Å². The molecule has 6 heteroatoms. The number of rotatable bonds is 1. The van der Waals surface area contributed by atoms with E-state index in [1.54, 1.807) is 5.20 Å². The smallest absolute Gasteiger partial charge is 1.00 e. The van der Waals surface area contributed by atoms with Gasteiger partial charge in [0, 0.05) is 0 Å². The van der Waals surface area contributed by atoms with Crippen molar-refractivity contribution in [1.29, 1.82) is 0 Å². The van der Waals surface area contributed by atoms with Crippen LogP contribution in [0.2, 0.25) is 19.6 Å². The fourth-order valence-corrected chi connectivity index (χ4v) is 5.79. The van der Waals surface area contributed by atoms with Gasteiger partial charge in [0.05, 0.1) is 0 Å². The molecule has 0 heterocycles. The molecule has 1 aromatic carbocycles. The first-order valence-corrected chi connectivity index (χ1v) is 9.30. The Bertz CT molecular complexity index is 401. The van der Waals surface area contributed by atoms with Crippen LogP contribution in [-0.2, 0) is 17.4 Å². The van der Waals surface area contributed by atoms with Crippen LogP contribution in [0.4, 0.5) is 0 Å². The van der Waals surface area contributed by atoms with Gasteiger partial charge in [-0.3, -0.25) is 0 Å². The average Bonchev–Trinajstić information content (AvgIpc) is 2.44. The van der Waals surface area contributed by atoms with Crippen molar-refractivity contribution in [1.82, 2.24) is 0 Å². The van der Waals surface area contributed by atoms with Crippen LogP contribution in [-0.4, -0.2) is 8.07 Å². The first kappa shape index (κ1) is 24.0. The summed E-state index contributed by atoms with van der Waals surface area (Å²) in [5, 5.41) is 1.67. The maximum Gasteiger partial charge on any atom is -1.00 e. The Hall–Kier alpha value is 0.921. The molecule has 18 heavy (non-hydrogen) atoms. The third-order valence-electron chi connectivity index (χ3n) is 2.76. The molecule has 0 aliphatic heterocycles. The molecule has 1 aliphatic carbocycles. The summed E-state index contributed by atoms with van der Waals surface area (Å²) in [6.07, 6.45) is 2.41. The normalized spacial score (nSPS) is 16.1. The average molecular weight is 380 g/mol. The van der Waals surface area contributed by atoms with Crippen LogP contribution in [0, 0.1) is 0 Å². The van der Waals surface area contributed by atoms with E-state index in [0.717, 1.165) is 0 Å². The molecule has 1 aliphatic rings. The van der Waals surface area contributed by atoms with Gasteiger partial charge in [0.2, 0.25) is 0 Å². The number of hydrogen-bond donors (Lipinski definition) is 0. The largest absolute Gasteiger partial charge is 1.00 e. The van der Waals surface area contributed by atoms with Gasteiger partial charge in [-0.05, 0) is 0 Å². The maximum absolute atomic E-state index is 2.83. The van der Waals surface area contributed by atoms with Gasteiger partial charge in [-0.1, -0.05) is 0 Å². The van der Waals surface area contributed by atoms with Crippen molar-refractivity contribution in [2.45, 2.75) is 24.3 Å². The summed E-state index contributed by atoms with van der Waals surface area (Å²) >= 11 is 2.83. The van der Waals surface area contributed by atoms with Gasteiger partial charge in [-0.2, -0.15) is 0 Å². The van der Waals surface area contributed by atoms with E-state index in [9.17, 15) is 0 Å². The van der Waals surface area contributed by atoms with Crippen molar-refractivity contribution in [3.63, 3.8) is 0 Å². The van der Waals surface area contributed by atoms with E-state index in [-0.39, 0.29) is 49.6 Å².